The summed E-state index contributed by atoms with van der Waals surface area (Å²) in [6.45, 7) is 5.11. The summed E-state index contributed by atoms with van der Waals surface area (Å²) in [7, 11) is 1.58. The van der Waals surface area contributed by atoms with Crippen LogP contribution in [-0.4, -0.2) is 76.5 Å². The molecule has 1 aliphatic heterocycles. The minimum absolute atomic E-state index is 0.145. The molecule has 11 nitrogen and oxygen atoms in total. The molecule has 1 aromatic carbocycles. The molecule has 1 atom stereocenters. The fourth-order valence-electron chi connectivity index (χ4n) is 4.52. The third-order valence-corrected chi connectivity index (χ3v) is 6.61. The van der Waals surface area contributed by atoms with Gasteiger partial charge in [0.25, 0.3) is 5.91 Å². The van der Waals surface area contributed by atoms with E-state index in [9.17, 15) is 14.4 Å². The average molecular weight is 549 g/mol. The van der Waals surface area contributed by atoms with Gasteiger partial charge in [-0.05, 0) is 49.1 Å². The number of carbonyl (C=O) groups excluding carboxylic acids is 3. The molecule has 0 aliphatic carbocycles. The van der Waals surface area contributed by atoms with E-state index in [1.165, 1.54) is 11.1 Å². The van der Waals surface area contributed by atoms with Crippen molar-refractivity contribution in [3.63, 3.8) is 0 Å². The van der Waals surface area contributed by atoms with Crippen molar-refractivity contribution in [2.75, 3.05) is 33.4 Å². The van der Waals surface area contributed by atoms with E-state index in [0.717, 1.165) is 11.4 Å². The standard InChI is InChI=1S/C29H36N6O5/c1-20(2)26-28(37)32-12-6-14-34-16-13-31-27(34)21-9-10-23(39-3)24(18-21)40-17-7-15-35(19-25(36)33-26)29(38)22-8-4-5-11-30-22/h4-5,8-11,13,16,18,20,26H,6-7,12,14-15,17,19H2,1-3H3,(H,32,37)(H,33,36)/t26-/m1/s1. The van der Waals surface area contributed by atoms with Crippen LogP contribution >= 0.6 is 0 Å². The van der Waals surface area contributed by atoms with Gasteiger partial charge in [-0.1, -0.05) is 19.9 Å². The number of aromatic nitrogens is 3. The number of benzene rings is 1. The first-order valence-corrected chi connectivity index (χ1v) is 13.5. The molecule has 40 heavy (non-hydrogen) atoms. The first-order chi connectivity index (χ1) is 19.4. The Bertz CT molecular complexity index is 1310. The summed E-state index contributed by atoms with van der Waals surface area (Å²) in [6.07, 6.45) is 6.28. The lowest BCUT2D eigenvalue weighted by Gasteiger charge is -2.25. The number of fused-ring (bicyclic) bond motifs is 4. The second-order valence-electron chi connectivity index (χ2n) is 9.89. The number of hydrogen-bond donors (Lipinski definition) is 2. The molecule has 212 valence electrons. The molecule has 2 bridgehead atoms. The summed E-state index contributed by atoms with van der Waals surface area (Å²) < 4.78 is 13.6. The van der Waals surface area contributed by atoms with Crippen molar-refractivity contribution in [1.82, 2.24) is 30.1 Å². The minimum atomic E-state index is -0.734. The van der Waals surface area contributed by atoms with Crippen LogP contribution in [0.2, 0.25) is 0 Å². The van der Waals surface area contributed by atoms with Crippen molar-refractivity contribution in [1.29, 1.82) is 0 Å². The highest BCUT2D eigenvalue weighted by molar-refractivity contribution is 5.95. The van der Waals surface area contributed by atoms with Gasteiger partial charge in [-0.3, -0.25) is 19.4 Å². The number of hydrogen-bond acceptors (Lipinski definition) is 7. The van der Waals surface area contributed by atoms with Gasteiger partial charge in [0.2, 0.25) is 11.8 Å². The van der Waals surface area contributed by atoms with Crippen molar-refractivity contribution < 1.29 is 23.9 Å². The zero-order valence-electron chi connectivity index (χ0n) is 23.1. The monoisotopic (exact) mass is 548 g/mol. The molecule has 2 aromatic heterocycles. The Balaban J connectivity index is 1.60. The van der Waals surface area contributed by atoms with Crippen LogP contribution in [0.5, 0.6) is 11.5 Å². The Morgan fingerprint density at radius 3 is 2.70 bits per heavy atom. The molecule has 3 aromatic rings. The van der Waals surface area contributed by atoms with Gasteiger partial charge in [-0.15, -0.1) is 0 Å². The highest BCUT2D eigenvalue weighted by atomic mass is 16.5. The number of aryl methyl sites for hydroxylation is 1. The number of pyridine rings is 1. The largest absolute Gasteiger partial charge is 0.493 e. The molecule has 4 rings (SSSR count). The molecule has 0 fully saturated rings. The first kappa shape index (κ1) is 28.6. The summed E-state index contributed by atoms with van der Waals surface area (Å²) in [5.41, 5.74) is 1.10. The van der Waals surface area contributed by atoms with E-state index in [4.69, 9.17) is 9.47 Å². The molecule has 0 spiro atoms. The van der Waals surface area contributed by atoms with Gasteiger partial charge >= 0.3 is 0 Å². The third-order valence-electron chi connectivity index (χ3n) is 6.61. The molecule has 0 saturated heterocycles. The number of rotatable bonds is 3. The summed E-state index contributed by atoms with van der Waals surface area (Å²) in [5, 5.41) is 5.76. The zero-order valence-corrected chi connectivity index (χ0v) is 23.1. The number of imidazole rings is 1. The van der Waals surface area contributed by atoms with E-state index in [1.54, 1.807) is 31.5 Å². The van der Waals surface area contributed by atoms with E-state index in [2.05, 4.69) is 20.6 Å². The molecule has 3 amide bonds. The van der Waals surface area contributed by atoms with E-state index < -0.39 is 11.9 Å². The predicted molar refractivity (Wildman–Crippen MR) is 149 cm³/mol. The zero-order chi connectivity index (χ0) is 28.5. The summed E-state index contributed by atoms with van der Waals surface area (Å²) in [4.78, 5) is 49.4. The Hall–Kier alpha value is -4.41. The second-order valence-corrected chi connectivity index (χ2v) is 9.89. The summed E-state index contributed by atoms with van der Waals surface area (Å²) >= 11 is 0. The number of methoxy groups -OCH3 is 1. The lowest BCUT2D eigenvalue weighted by atomic mass is 10.0. The van der Waals surface area contributed by atoms with Crippen molar-refractivity contribution in [3.05, 3.63) is 60.7 Å². The number of amides is 3. The van der Waals surface area contributed by atoms with E-state index >= 15 is 0 Å². The molecule has 3 heterocycles. The smallest absolute Gasteiger partial charge is 0.272 e. The fraction of sp³-hybridized carbons (Fsp3) is 0.414. The summed E-state index contributed by atoms with van der Waals surface area (Å²) in [6, 6.07) is 9.95. The highest BCUT2D eigenvalue weighted by Crippen LogP contribution is 2.32. The molecule has 1 aliphatic rings. The van der Waals surface area contributed by atoms with Crippen LogP contribution in [0.1, 0.15) is 37.2 Å². The minimum Gasteiger partial charge on any atom is -0.493 e. The van der Waals surface area contributed by atoms with Crippen LogP contribution in [-0.2, 0) is 16.1 Å². The maximum Gasteiger partial charge on any atom is 0.272 e. The molecule has 0 radical (unpaired) electrons. The van der Waals surface area contributed by atoms with Gasteiger partial charge in [0.15, 0.2) is 11.5 Å². The summed E-state index contributed by atoms with van der Waals surface area (Å²) in [5.74, 6) is 0.705. The lowest BCUT2D eigenvalue weighted by molar-refractivity contribution is -0.130. The Labute approximate surface area is 233 Å². The number of carbonyl (C=O) groups is 3. The van der Waals surface area contributed by atoms with Gasteiger partial charge < -0.3 is 29.6 Å². The number of ether oxygens (including phenoxy) is 2. The highest BCUT2D eigenvalue weighted by Gasteiger charge is 2.26. The van der Waals surface area contributed by atoms with Gasteiger partial charge in [-0.2, -0.15) is 0 Å². The lowest BCUT2D eigenvalue weighted by Crippen LogP contribution is -2.52. The van der Waals surface area contributed by atoms with Crippen LogP contribution < -0.4 is 20.1 Å². The first-order valence-electron chi connectivity index (χ1n) is 13.5. The van der Waals surface area contributed by atoms with Gasteiger partial charge in [0, 0.05) is 43.8 Å². The van der Waals surface area contributed by atoms with Crippen LogP contribution in [0.15, 0.2) is 55.0 Å². The number of nitrogens with zero attached hydrogens (tertiary/aromatic N) is 4. The normalized spacial score (nSPS) is 17.4. The van der Waals surface area contributed by atoms with Crippen LogP contribution in [0.25, 0.3) is 11.4 Å². The van der Waals surface area contributed by atoms with Crippen LogP contribution in [0.4, 0.5) is 0 Å². The molecular formula is C29H36N6O5. The van der Waals surface area contributed by atoms with Crippen LogP contribution in [0, 0.1) is 5.92 Å². The van der Waals surface area contributed by atoms with Gasteiger partial charge in [0.05, 0.1) is 20.3 Å². The molecule has 0 saturated carbocycles. The second kappa shape index (κ2) is 13.6. The van der Waals surface area contributed by atoms with Gasteiger partial charge in [-0.25, -0.2) is 4.98 Å². The van der Waals surface area contributed by atoms with E-state index in [0.29, 0.717) is 37.4 Å². The Morgan fingerprint density at radius 2 is 1.95 bits per heavy atom. The van der Waals surface area contributed by atoms with E-state index in [1.807, 2.05) is 42.8 Å². The van der Waals surface area contributed by atoms with Crippen molar-refractivity contribution in [3.8, 4) is 22.9 Å². The maximum absolute atomic E-state index is 13.3. The van der Waals surface area contributed by atoms with Crippen LogP contribution in [0.3, 0.4) is 0 Å². The topological polar surface area (TPSA) is 128 Å². The Morgan fingerprint density at radius 1 is 1.10 bits per heavy atom. The average Bonchev–Trinajstić information content (AvgIpc) is 3.43. The van der Waals surface area contributed by atoms with Crippen molar-refractivity contribution in [2.24, 2.45) is 5.92 Å². The van der Waals surface area contributed by atoms with Crippen molar-refractivity contribution >= 4 is 17.7 Å². The third kappa shape index (κ3) is 7.16. The van der Waals surface area contributed by atoms with Crippen molar-refractivity contribution in [2.45, 2.75) is 39.3 Å². The number of nitrogens with one attached hydrogen (secondary N) is 2. The maximum atomic E-state index is 13.3. The quantitative estimate of drug-likeness (QED) is 0.515. The molecule has 0 unspecified atom stereocenters. The van der Waals surface area contributed by atoms with Gasteiger partial charge in [0.1, 0.15) is 17.6 Å². The fourth-order valence-corrected chi connectivity index (χ4v) is 4.52. The predicted octanol–water partition coefficient (Wildman–Crippen LogP) is 2.53. The Kier molecular flexibility index (Phi) is 9.71. The molecular weight excluding hydrogens is 512 g/mol. The van der Waals surface area contributed by atoms with E-state index in [-0.39, 0.29) is 43.1 Å². The SMILES string of the molecule is COc1ccc2cc1OCCCN(C(=O)c1ccccn1)CC(=O)N[C@H](C(C)C)C(=O)NCCCn1ccnc1-2. The molecule has 11 heteroatoms. The molecule has 2 N–H and O–H groups in total.